The van der Waals surface area contributed by atoms with E-state index in [9.17, 15) is 4.79 Å². The van der Waals surface area contributed by atoms with Crippen molar-refractivity contribution in [1.82, 2.24) is 9.78 Å². The highest BCUT2D eigenvalue weighted by atomic mass is 79.9. The molecule has 0 aliphatic heterocycles. The van der Waals surface area contributed by atoms with Gasteiger partial charge in [0, 0.05) is 19.4 Å². The summed E-state index contributed by atoms with van der Waals surface area (Å²) in [7, 11) is 0. The Bertz CT molecular complexity index is 453. The molecule has 1 atom stereocenters. The Hall–Kier alpha value is -0.640. The van der Waals surface area contributed by atoms with Crippen molar-refractivity contribution < 1.29 is 4.79 Å². The van der Waals surface area contributed by atoms with E-state index in [0.717, 1.165) is 48.8 Å². The van der Waals surface area contributed by atoms with Gasteiger partial charge in [0.2, 0.25) is 0 Å². The SMILES string of the molecule is CCc1nn(CC)c(CC2CCCCC(=O)C2)c1Br. The quantitative estimate of drug-likeness (QED) is 0.786. The van der Waals surface area contributed by atoms with E-state index >= 15 is 0 Å². The van der Waals surface area contributed by atoms with Crippen molar-refractivity contribution in [3.05, 3.63) is 15.9 Å². The summed E-state index contributed by atoms with van der Waals surface area (Å²) in [5, 5.41) is 4.64. The zero-order valence-electron chi connectivity index (χ0n) is 11.9. The van der Waals surface area contributed by atoms with Gasteiger partial charge in [0.25, 0.3) is 0 Å². The first-order valence-corrected chi connectivity index (χ1v) is 8.20. The normalized spacial score (nSPS) is 20.6. The average molecular weight is 327 g/mol. The van der Waals surface area contributed by atoms with Crippen molar-refractivity contribution >= 4 is 21.7 Å². The first kappa shape index (κ1) is 14.8. The van der Waals surface area contributed by atoms with E-state index in [2.05, 4.69) is 39.6 Å². The maximum Gasteiger partial charge on any atom is 0.133 e. The molecule has 0 amide bonds. The van der Waals surface area contributed by atoms with Crippen LogP contribution >= 0.6 is 15.9 Å². The number of aryl methyl sites for hydroxylation is 2. The van der Waals surface area contributed by atoms with Crippen LogP contribution in [0.2, 0.25) is 0 Å². The van der Waals surface area contributed by atoms with Crippen molar-refractivity contribution in [3.63, 3.8) is 0 Å². The largest absolute Gasteiger partial charge is 0.300 e. The number of nitrogens with zero attached hydrogens (tertiary/aromatic N) is 2. The van der Waals surface area contributed by atoms with Crippen LogP contribution in [0.5, 0.6) is 0 Å². The molecule has 0 aromatic carbocycles. The van der Waals surface area contributed by atoms with Crippen molar-refractivity contribution in [2.24, 2.45) is 5.92 Å². The molecule has 0 bridgehead atoms. The third kappa shape index (κ3) is 3.47. The Kier molecular flexibility index (Phi) is 5.20. The molecule has 3 nitrogen and oxygen atoms in total. The predicted molar refractivity (Wildman–Crippen MR) is 80.3 cm³/mol. The van der Waals surface area contributed by atoms with Crippen LogP contribution in [0.4, 0.5) is 0 Å². The molecule has 1 saturated carbocycles. The summed E-state index contributed by atoms with van der Waals surface area (Å²) in [5.74, 6) is 0.940. The second-order valence-corrected chi connectivity index (χ2v) is 6.23. The summed E-state index contributed by atoms with van der Waals surface area (Å²) < 4.78 is 3.26. The molecule has 2 rings (SSSR count). The van der Waals surface area contributed by atoms with E-state index in [1.54, 1.807) is 0 Å². The van der Waals surface area contributed by atoms with Crippen molar-refractivity contribution in [2.45, 2.75) is 65.3 Å². The highest BCUT2D eigenvalue weighted by Crippen LogP contribution is 2.29. The van der Waals surface area contributed by atoms with Crippen molar-refractivity contribution in [1.29, 1.82) is 0 Å². The van der Waals surface area contributed by atoms with Crippen LogP contribution in [0, 0.1) is 5.92 Å². The van der Waals surface area contributed by atoms with Crippen LogP contribution in [0.3, 0.4) is 0 Å². The highest BCUT2D eigenvalue weighted by Gasteiger charge is 2.22. The first-order chi connectivity index (χ1) is 9.15. The molecule has 106 valence electrons. The molecule has 1 unspecified atom stereocenters. The van der Waals surface area contributed by atoms with Gasteiger partial charge in [-0.1, -0.05) is 13.3 Å². The summed E-state index contributed by atoms with van der Waals surface area (Å²) in [6.07, 6.45) is 6.90. The van der Waals surface area contributed by atoms with Crippen LogP contribution in [0.1, 0.15) is 57.3 Å². The topological polar surface area (TPSA) is 34.9 Å². The third-order valence-electron chi connectivity index (χ3n) is 4.01. The van der Waals surface area contributed by atoms with E-state index < -0.39 is 0 Å². The zero-order valence-corrected chi connectivity index (χ0v) is 13.5. The van der Waals surface area contributed by atoms with E-state index in [-0.39, 0.29) is 0 Å². The molecule has 0 radical (unpaired) electrons. The maximum absolute atomic E-state index is 11.8. The van der Waals surface area contributed by atoms with Gasteiger partial charge in [-0.15, -0.1) is 0 Å². The molecular weight excluding hydrogens is 304 g/mol. The monoisotopic (exact) mass is 326 g/mol. The van der Waals surface area contributed by atoms with Gasteiger partial charge in [-0.3, -0.25) is 9.48 Å². The molecule has 4 heteroatoms. The highest BCUT2D eigenvalue weighted by molar-refractivity contribution is 9.10. The van der Waals surface area contributed by atoms with Gasteiger partial charge in [-0.25, -0.2) is 0 Å². The van der Waals surface area contributed by atoms with Crippen LogP contribution < -0.4 is 0 Å². The van der Waals surface area contributed by atoms with Crippen molar-refractivity contribution in [3.8, 4) is 0 Å². The number of rotatable bonds is 4. The summed E-state index contributed by atoms with van der Waals surface area (Å²) >= 11 is 3.70. The van der Waals surface area contributed by atoms with Gasteiger partial charge >= 0.3 is 0 Å². The minimum atomic E-state index is 0.442. The predicted octanol–water partition coefficient (Wildman–Crippen LogP) is 3.92. The molecule has 1 aromatic rings. The molecule has 1 fully saturated rings. The Morgan fingerprint density at radius 3 is 2.84 bits per heavy atom. The fraction of sp³-hybridized carbons (Fsp3) is 0.733. The number of carbonyl (C=O) groups excluding carboxylic acids is 1. The standard InChI is InChI=1S/C15H23BrN2O/c1-3-13-15(16)14(18(4-2)17-13)10-11-7-5-6-8-12(19)9-11/h11H,3-10H2,1-2H3. The first-order valence-electron chi connectivity index (χ1n) is 7.41. The molecule has 1 aromatic heterocycles. The van der Waals surface area contributed by atoms with Gasteiger partial charge in [0.15, 0.2) is 0 Å². The maximum atomic E-state index is 11.8. The molecule has 19 heavy (non-hydrogen) atoms. The molecule has 0 N–H and O–H groups in total. The third-order valence-corrected chi connectivity index (χ3v) is 4.93. The van der Waals surface area contributed by atoms with E-state index in [0.29, 0.717) is 11.7 Å². The second-order valence-electron chi connectivity index (χ2n) is 5.44. The van der Waals surface area contributed by atoms with E-state index in [1.807, 2.05) is 0 Å². The van der Waals surface area contributed by atoms with Gasteiger partial charge in [-0.05, 0) is 54.5 Å². The van der Waals surface area contributed by atoms with Gasteiger partial charge < -0.3 is 0 Å². The van der Waals surface area contributed by atoms with E-state index in [1.165, 1.54) is 18.5 Å². The van der Waals surface area contributed by atoms with Gasteiger partial charge in [0.05, 0.1) is 15.9 Å². The lowest BCUT2D eigenvalue weighted by Gasteiger charge is -2.14. The average Bonchev–Trinajstić information content (AvgIpc) is 2.57. The number of ketones is 1. The van der Waals surface area contributed by atoms with Crippen LogP contribution in [0.25, 0.3) is 0 Å². The lowest BCUT2D eigenvalue weighted by Crippen LogP contribution is -2.12. The van der Waals surface area contributed by atoms with Crippen LogP contribution in [0.15, 0.2) is 4.47 Å². The zero-order chi connectivity index (χ0) is 13.8. The van der Waals surface area contributed by atoms with Gasteiger partial charge in [0.1, 0.15) is 5.78 Å². The summed E-state index contributed by atoms with van der Waals surface area (Å²) in [6, 6.07) is 0. The van der Waals surface area contributed by atoms with Gasteiger partial charge in [-0.2, -0.15) is 5.10 Å². The molecule has 1 aliphatic carbocycles. The Morgan fingerprint density at radius 1 is 1.37 bits per heavy atom. The number of hydrogen-bond acceptors (Lipinski definition) is 2. The Morgan fingerprint density at radius 2 is 2.16 bits per heavy atom. The minimum absolute atomic E-state index is 0.442. The number of halogens is 1. The summed E-state index contributed by atoms with van der Waals surface area (Å²) in [6.45, 7) is 5.15. The Balaban J connectivity index is 2.17. The lowest BCUT2D eigenvalue weighted by atomic mass is 9.94. The molecule has 0 saturated heterocycles. The molecule has 1 heterocycles. The smallest absolute Gasteiger partial charge is 0.133 e. The number of aromatic nitrogens is 2. The molecular formula is C15H23BrN2O. The lowest BCUT2D eigenvalue weighted by molar-refractivity contribution is -0.119. The summed E-state index contributed by atoms with van der Waals surface area (Å²) in [5.41, 5.74) is 2.41. The summed E-state index contributed by atoms with van der Waals surface area (Å²) in [4.78, 5) is 11.8. The molecule has 1 aliphatic rings. The van der Waals surface area contributed by atoms with E-state index in [4.69, 9.17) is 0 Å². The van der Waals surface area contributed by atoms with Crippen LogP contribution in [-0.4, -0.2) is 15.6 Å². The minimum Gasteiger partial charge on any atom is -0.300 e. The second kappa shape index (κ2) is 6.69. The number of Topliss-reactive ketones (excluding diaryl/α,β-unsaturated/α-hetero) is 1. The van der Waals surface area contributed by atoms with Crippen LogP contribution in [-0.2, 0) is 24.2 Å². The number of hydrogen-bond donors (Lipinski definition) is 0. The fourth-order valence-electron chi connectivity index (χ4n) is 2.94. The van der Waals surface area contributed by atoms with Crippen molar-refractivity contribution in [2.75, 3.05) is 0 Å². The fourth-order valence-corrected chi connectivity index (χ4v) is 3.67. The Labute approximate surface area is 123 Å². The number of carbonyl (C=O) groups is 1. The molecule has 0 spiro atoms.